The van der Waals surface area contributed by atoms with Gasteiger partial charge in [-0.25, -0.2) is 0 Å². The molecule has 0 radical (unpaired) electrons. The van der Waals surface area contributed by atoms with Crippen molar-refractivity contribution in [2.45, 2.75) is 37.8 Å². The predicted molar refractivity (Wildman–Crippen MR) is 161 cm³/mol. The monoisotopic (exact) mass is 614 g/mol. The molecule has 3 aliphatic carbocycles. The Labute approximate surface area is 258 Å². The van der Waals surface area contributed by atoms with Crippen LogP contribution in [-0.2, 0) is 38.6 Å². The van der Waals surface area contributed by atoms with Gasteiger partial charge in [0.25, 0.3) is 0 Å². The Morgan fingerprint density at radius 3 is 2.30 bits per heavy atom. The summed E-state index contributed by atoms with van der Waals surface area (Å²) in [4.78, 5) is 65.0. The minimum atomic E-state index is -2.66. The molecule has 3 aliphatic rings. The van der Waals surface area contributed by atoms with E-state index >= 15 is 0 Å². The highest BCUT2D eigenvalue weighted by molar-refractivity contribution is 6.31. The van der Waals surface area contributed by atoms with Gasteiger partial charge >= 0.3 is 0 Å². The van der Waals surface area contributed by atoms with Crippen molar-refractivity contribution in [1.29, 1.82) is 0 Å². The van der Waals surface area contributed by atoms with E-state index in [9.17, 15) is 34.2 Å². The third kappa shape index (κ3) is 4.95. The molecule has 0 heterocycles. The molecule has 0 aromatic heterocycles. The molecule has 10 heteroatoms. The fraction of sp³-hybridized carbons (Fsp3) is 0.324. The third-order valence-corrected chi connectivity index (χ3v) is 9.64. The highest BCUT2D eigenvalue weighted by Gasteiger charge is 2.66. The number of Topliss-reactive ketones (excluding diaryl/α,β-unsaturated/α-hetero) is 4. The summed E-state index contributed by atoms with van der Waals surface area (Å²) < 4.78 is 0. The van der Waals surface area contributed by atoms with Crippen LogP contribution in [0.3, 0.4) is 0 Å². The number of rotatable bonds is 7. The van der Waals surface area contributed by atoms with Crippen LogP contribution < -0.4 is 11.1 Å². The molecule has 3 aromatic carbocycles. The number of primary amides is 1. The SMILES string of the molecule is NC(=O)C1C(=O)C[C@@H]2C[C@@H]3Cc4c(-c5ccc(CNCCc6ccc(Cl)cc6)cc5)ccc(O)c4C(=O)C3C(=O)[C@]2(O)C1=O. The Morgan fingerprint density at radius 2 is 1.61 bits per heavy atom. The quantitative estimate of drug-likeness (QED) is 0.233. The Balaban J connectivity index is 1.23. The standard InChI is InChI=1S/C34H31ClN2O7/c35-22-7-3-17(4-8-22)11-12-37-16-18-1-5-19(6-2-18)23-9-10-25(38)28-24(23)14-20-13-21-15-26(39)29(33(36)43)32(42)34(21,44)31(41)27(20)30(28)40/h1-10,20-21,27,29,37-38,44H,11-16H2,(H2,36,43)/t20-,21+,27?,29?,34+/m1/s1. The van der Waals surface area contributed by atoms with Crippen molar-refractivity contribution in [1.82, 2.24) is 5.32 Å². The summed E-state index contributed by atoms with van der Waals surface area (Å²) in [7, 11) is 0. The zero-order valence-corrected chi connectivity index (χ0v) is 24.5. The van der Waals surface area contributed by atoms with Gasteiger partial charge in [-0.1, -0.05) is 54.1 Å². The van der Waals surface area contributed by atoms with Crippen molar-refractivity contribution in [3.05, 3.63) is 87.9 Å². The van der Waals surface area contributed by atoms with Crippen molar-refractivity contribution in [2.75, 3.05) is 6.54 Å². The summed E-state index contributed by atoms with van der Waals surface area (Å²) in [6, 6.07) is 18.7. The second kappa shape index (κ2) is 11.4. The first-order valence-corrected chi connectivity index (χ1v) is 14.9. The third-order valence-electron chi connectivity index (χ3n) is 9.38. The number of fused-ring (bicyclic) bond motifs is 3. The van der Waals surface area contributed by atoms with E-state index in [0.29, 0.717) is 17.1 Å². The number of nitrogens with two attached hydrogens (primary N) is 1. The van der Waals surface area contributed by atoms with E-state index in [-0.39, 0.29) is 30.6 Å². The summed E-state index contributed by atoms with van der Waals surface area (Å²) in [5.41, 5.74) is 6.94. The number of phenols is 1. The smallest absolute Gasteiger partial charge is 0.235 e. The van der Waals surface area contributed by atoms with Crippen LogP contribution >= 0.6 is 11.6 Å². The van der Waals surface area contributed by atoms with Gasteiger partial charge < -0.3 is 21.3 Å². The molecule has 2 saturated carbocycles. The van der Waals surface area contributed by atoms with Crippen molar-refractivity contribution in [3.63, 3.8) is 0 Å². The van der Waals surface area contributed by atoms with E-state index in [2.05, 4.69) is 5.32 Å². The van der Waals surface area contributed by atoms with Crippen molar-refractivity contribution < 1.29 is 34.2 Å². The molecule has 2 fully saturated rings. The van der Waals surface area contributed by atoms with E-state index in [0.717, 1.165) is 29.7 Å². The molecule has 1 amide bonds. The fourth-order valence-corrected chi connectivity index (χ4v) is 7.28. The van der Waals surface area contributed by atoms with E-state index in [1.165, 1.54) is 11.6 Å². The zero-order chi connectivity index (χ0) is 31.3. The van der Waals surface area contributed by atoms with Gasteiger partial charge in [0.2, 0.25) is 5.91 Å². The molecule has 0 saturated heterocycles. The van der Waals surface area contributed by atoms with Crippen LogP contribution in [0.5, 0.6) is 5.75 Å². The first-order valence-electron chi connectivity index (χ1n) is 14.6. The number of hydrogen-bond donors (Lipinski definition) is 4. The molecule has 0 spiro atoms. The normalized spacial score (nSPS) is 26.1. The number of aliphatic hydroxyl groups is 1. The maximum Gasteiger partial charge on any atom is 0.235 e. The highest BCUT2D eigenvalue weighted by Crippen LogP contribution is 2.51. The minimum Gasteiger partial charge on any atom is -0.507 e. The van der Waals surface area contributed by atoms with Crippen LogP contribution in [0, 0.1) is 23.7 Å². The summed E-state index contributed by atoms with van der Waals surface area (Å²) in [6.45, 7) is 1.44. The predicted octanol–water partition coefficient (Wildman–Crippen LogP) is 2.98. The van der Waals surface area contributed by atoms with Gasteiger partial charge in [0.1, 0.15) is 5.75 Å². The van der Waals surface area contributed by atoms with E-state index in [1.54, 1.807) is 6.07 Å². The highest BCUT2D eigenvalue weighted by atomic mass is 35.5. The zero-order valence-electron chi connectivity index (χ0n) is 23.7. The lowest BCUT2D eigenvalue weighted by Crippen LogP contribution is -2.68. The van der Waals surface area contributed by atoms with Gasteiger partial charge in [0, 0.05) is 23.9 Å². The molecule has 5 atom stereocenters. The lowest BCUT2D eigenvalue weighted by atomic mass is 9.53. The van der Waals surface area contributed by atoms with Crippen LogP contribution in [-0.4, -0.2) is 51.4 Å². The summed E-state index contributed by atoms with van der Waals surface area (Å²) in [6.07, 6.45) is 0.772. The lowest BCUT2D eigenvalue weighted by Gasteiger charge is -2.48. The lowest BCUT2D eigenvalue weighted by molar-refractivity contribution is -0.175. The van der Waals surface area contributed by atoms with E-state index in [4.69, 9.17) is 17.3 Å². The Kier molecular flexibility index (Phi) is 7.73. The molecule has 6 rings (SSSR count). The second-order valence-electron chi connectivity index (χ2n) is 12.0. The van der Waals surface area contributed by atoms with E-state index in [1.807, 2.05) is 48.5 Å². The van der Waals surface area contributed by atoms with Gasteiger partial charge in [-0.05, 0) is 77.7 Å². The number of halogens is 1. The molecule has 0 aliphatic heterocycles. The van der Waals surface area contributed by atoms with Crippen LogP contribution in [0.25, 0.3) is 11.1 Å². The van der Waals surface area contributed by atoms with Crippen molar-refractivity contribution in [2.24, 2.45) is 29.4 Å². The molecular formula is C34H31ClN2O7. The molecular weight excluding hydrogens is 584 g/mol. The van der Waals surface area contributed by atoms with Crippen LogP contribution in [0.1, 0.15) is 39.9 Å². The Morgan fingerprint density at radius 1 is 0.932 bits per heavy atom. The average molecular weight is 615 g/mol. The second-order valence-corrected chi connectivity index (χ2v) is 12.4. The Hall–Kier alpha value is -4.18. The molecule has 226 valence electrons. The summed E-state index contributed by atoms with van der Waals surface area (Å²) >= 11 is 5.95. The van der Waals surface area contributed by atoms with Gasteiger partial charge in [-0.15, -0.1) is 0 Å². The minimum absolute atomic E-state index is 0.0159. The van der Waals surface area contributed by atoms with Crippen LogP contribution in [0.2, 0.25) is 5.02 Å². The number of phenolic OH excluding ortho intramolecular Hbond substituents is 1. The van der Waals surface area contributed by atoms with Gasteiger partial charge in [0.05, 0.1) is 11.5 Å². The molecule has 5 N–H and O–H groups in total. The summed E-state index contributed by atoms with van der Waals surface area (Å²) in [5, 5.41) is 26.2. The summed E-state index contributed by atoms with van der Waals surface area (Å²) in [5.74, 6) is -10.2. The number of carbonyl (C=O) groups is 5. The number of nitrogens with one attached hydrogen (secondary N) is 1. The van der Waals surface area contributed by atoms with Gasteiger partial charge in [-0.3, -0.25) is 24.0 Å². The first kappa shape index (κ1) is 29.9. The number of carbonyl (C=O) groups excluding carboxylic acids is 5. The number of benzene rings is 3. The maximum absolute atomic E-state index is 13.8. The van der Waals surface area contributed by atoms with Crippen molar-refractivity contribution in [3.8, 4) is 16.9 Å². The molecule has 0 bridgehead atoms. The van der Waals surface area contributed by atoms with E-state index < -0.39 is 58.3 Å². The topological polar surface area (TPSA) is 164 Å². The van der Waals surface area contributed by atoms with Crippen LogP contribution in [0.15, 0.2) is 60.7 Å². The van der Waals surface area contributed by atoms with Crippen LogP contribution in [0.4, 0.5) is 0 Å². The molecule has 44 heavy (non-hydrogen) atoms. The van der Waals surface area contributed by atoms with Gasteiger partial charge in [0.15, 0.2) is 34.7 Å². The number of ketones is 4. The number of amides is 1. The van der Waals surface area contributed by atoms with Crippen molar-refractivity contribution >= 4 is 40.6 Å². The Bertz CT molecular complexity index is 1700. The number of hydrogen-bond acceptors (Lipinski definition) is 8. The largest absolute Gasteiger partial charge is 0.507 e. The number of aromatic hydroxyl groups is 1. The molecule has 3 aromatic rings. The van der Waals surface area contributed by atoms with Gasteiger partial charge in [-0.2, -0.15) is 0 Å². The fourth-order valence-electron chi connectivity index (χ4n) is 7.16. The molecule has 9 nitrogen and oxygen atoms in total. The molecule has 2 unspecified atom stereocenters. The average Bonchev–Trinajstić information content (AvgIpc) is 2.98. The maximum atomic E-state index is 13.8. The first-order chi connectivity index (χ1) is 21.0.